The van der Waals surface area contributed by atoms with Crippen LogP contribution in [0.3, 0.4) is 0 Å². The monoisotopic (exact) mass is 396 g/mol. The number of hydrogen-bond acceptors (Lipinski definition) is 6. The lowest BCUT2D eigenvalue weighted by Crippen LogP contribution is -2.39. The van der Waals surface area contributed by atoms with Crippen LogP contribution in [-0.4, -0.2) is 43.3 Å². The molecule has 1 saturated carbocycles. The fraction of sp³-hybridized carbons (Fsp3) is 0.333. The number of nitrogens with two attached hydrogens (primary N) is 1. The molecule has 0 bridgehead atoms. The highest BCUT2D eigenvalue weighted by Crippen LogP contribution is 2.31. The molecule has 0 aromatic heterocycles. The minimum atomic E-state index is -0.524. The number of rotatable bonds is 8. The van der Waals surface area contributed by atoms with Crippen molar-refractivity contribution in [3.63, 3.8) is 0 Å². The highest BCUT2D eigenvalue weighted by atomic mass is 16.6. The van der Waals surface area contributed by atoms with Crippen LogP contribution >= 0.6 is 0 Å². The number of nitro benzene ring substituents is 1. The average molecular weight is 396 g/mol. The van der Waals surface area contributed by atoms with Gasteiger partial charge in [0.2, 0.25) is 0 Å². The Morgan fingerprint density at radius 2 is 1.86 bits per heavy atom. The molecular formula is C21H24N4O4. The number of benzene rings is 2. The zero-order valence-corrected chi connectivity index (χ0v) is 16.4. The first kappa shape index (κ1) is 20.5. The van der Waals surface area contributed by atoms with E-state index in [4.69, 9.17) is 5.73 Å². The predicted molar refractivity (Wildman–Crippen MR) is 110 cm³/mol. The van der Waals surface area contributed by atoms with Crippen LogP contribution in [0.2, 0.25) is 0 Å². The number of amides is 1. The molecular weight excluding hydrogens is 372 g/mol. The second-order valence-electron chi connectivity index (χ2n) is 7.44. The van der Waals surface area contributed by atoms with E-state index in [2.05, 4.69) is 5.32 Å². The van der Waals surface area contributed by atoms with E-state index >= 15 is 0 Å². The van der Waals surface area contributed by atoms with Gasteiger partial charge < -0.3 is 16.0 Å². The summed E-state index contributed by atoms with van der Waals surface area (Å²) >= 11 is 0. The van der Waals surface area contributed by atoms with Crippen molar-refractivity contribution in [2.45, 2.75) is 18.9 Å². The van der Waals surface area contributed by atoms with Crippen LogP contribution in [0, 0.1) is 16.0 Å². The van der Waals surface area contributed by atoms with E-state index < -0.39 is 10.7 Å². The Labute approximate surface area is 168 Å². The van der Waals surface area contributed by atoms with Crippen LogP contribution in [-0.2, 0) is 0 Å². The number of nitrogens with one attached hydrogen (secondary N) is 1. The molecule has 2 aromatic carbocycles. The van der Waals surface area contributed by atoms with Gasteiger partial charge in [0.15, 0.2) is 5.78 Å². The van der Waals surface area contributed by atoms with Crippen molar-refractivity contribution in [2.24, 2.45) is 11.7 Å². The molecule has 1 amide bonds. The summed E-state index contributed by atoms with van der Waals surface area (Å²) < 4.78 is 0. The second-order valence-corrected chi connectivity index (χ2v) is 7.44. The Bertz CT molecular complexity index is 953. The van der Waals surface area contributed by atoms with Crippen LogP contribution in [0.15, 0.2) is 42.5 Å². The van der Waals surface area contributed by atoms with Gasteiger partial charge in [-0.1, -0.05) is 18.2 Å². The van der Waals surface area contributed by atoms with Crippen LogP contribution in [0.4, 0.5) is 11.4 Å². The van der Waals surface area contributed by atoms with Crippen molar-refractivity contribution in [1.82, 2.24) is 5.32 Å². The third kappa shape index (κ3) is 4.60. The first-order valence-electron chi connectivity index (χ1n) is 9.43. The average Bonchev–Trinajstić information content (AvgIpc) is 3.56. The number of anilines is 1. The molecule has 1 aliphatic carbocycles. The normalized spacial score (nSPS) is 14.2. The summed E-state index contributed by atoms with van der Waals surface area (Å²) in [5.74, 6) is -0.386. The van der Waals surface area contributed by atoms with Crippen LogP contribution in [0.5, 0.6) is 0 Å². The highest BCUT2D eigenvalue weighted by Gasteiger charge is 2.29. The number of nitro groups is 1. The first-order valence-corrected chi connectivity index (χ1v) is 9.43. The summed E-state index contributed by atoms with van der Waals surface area (Å²) in [7, 11) is 3.38. The SMILES string of the molecule is CN(C)c1ccc(C(=O)c2ccccc2C(=O)NCC(N)C2CC2)cc1[N+](=O)[O-]. The predicted octanol–water partition coefficient (Wildman–Crippen LogP) is 2.36. The summed E-state index contributed by atoms with van der Waals surface area (Å²) in [4.78, 5) is 38.2. The number of carbonyl (C=O) groups excluding carboxylic acids is 2. The van der Waals surface area contributed by atoms with Gasteiger partial charge in [-0.25, -0.2) is 0 Å². The van der Waals surface area contributed by atoms with Gasteiger partial charge in [0.1, 0.15) is 5.69 Å². The lowest BCUT2D eigenvalue weighted by Gasteiger charge is -2.15. The van der Waals surface area contributed by atoms with Crippen LogP contribution in [0.25, 0.3) is 0 Å². The Hall–Kier alpha value is -3.26. The Balaban J connectivity index is 1.87. The summed E-state index contributed by atoms with van der Waals surface area (Å²) in [5, 5.41) is 14.2. The molecule has 0 heterocycles. The maximum absolute atomic E-state index is 13.0. The second kappa shape index (κ2) is 8.40. The molecule has 152 valence electrons. The van der Waals surface area contributed by atoms with E-state index in [0.29, 0.717) is 18.2 Å². The topological polar surface area (TPSA) is 119 Å². The molecule has 2 aromatic rings. The molecule has 1 aliphatic rings. The van der Waals surface area contributed by atoms with Gasteiger partial charge in [0.05, 0.1) is 10.5 Å². The standard InChI is InChI=1S/C21H24N4O4/c1-24(2)18-10-9-14(11-19(18)25(28)29)20(26)15-5-3-4-6-16(15)21(27)23-12-17(22)13-7-8-13/h3-6,9-11,13,17H,7-8,12,22H2,1-2H3,(H,23,27). The fourth-order valence-electron chi connectivity index (χ4n) is 3.22. The van der Waals surface area contributed by atoms with E-state index in [-0.39, 0.29) is 34.3 Å². The number of hydrogen-bond donors (Lipinski definition) is 2. The van der Waals surface area contributed by atoms with Gasteiger partial charge in [-0.15, -0.1) is 0 Å². The van der Waals surface area contributed by atoms with Crippen molar-refractivity contribution in [1.29, 1.82) is 0 Å². The summed E-state index contributed by atoms with van der Waals surface area (Å²) in [6.07, 6.45) is 2.15. The summed E-state index contributed by atoms with van der Waals surface area (Å²) in [6, 6.07) is 10.6. The largest absolute Gasteiger partial charge is 0.372 e. The van der Waals surface area contributed by atoms with Gasteiger partial charge >= 0.3 is 0 Å². The maximum atomic E-state index is 13.0. The Kier molecular flexibility index (Phi) is 5.93. The van der Waals surface area contributed by atoms with E-state index in [1.54, 1.807) is 43.3 Å². The molecule has 0 aliphatic heterocycles. The van der Waals surface area contributed by atoms with Crippen molar-refractivity contribution < 1.29 is 14.5 Å². The molecule has 1 atom stereocenters. The third-order valence-electron chi connectivity index (χ3n) is 5.06. The molecule has 3 rings (SSSR count). The van der Waals surface area contributed by atoms with Crippen molar-refractivity contribution in [2.75, 3.05) is 25.5 Å². The molecule has 0 radical (unpaired) electrons. The smallest absolute Gasteiger partial charge is 0.293 e. The number of nitrogens with zero attached hydrogens (tertiary/aromatic N) is 2. The van der Waals surface area contributed by atoms with Gasteiger partial charge in [-0.3, -0.25) is 19.7 Å². The zero-order chi connectivity index (χ0) is 21.1. The molecule has 0 saturated heterocycles. The maximum Gasteiger partial charge on any atom is 0.293 e. The molecule has 8 heteroatoms. The fourth-order valence-corrected chi connectivity index (χ4v) is 3.22. The Morgan fingerprint density at radius 3 is 2.45 bits per heavy atom. The Morgan fingerprint density at radius 1 is 1.21 bits per heavy atom. The molecule has 1 fully saturated rings. The first-order chi connectivity index (χ1) is 13.8. The van der Waals surface area contributed by atoms with Crippen molar-refractivity contribution in [3.8, 4) is 0 Å². The molecule has 29 heavy (non-hydrogen) atoms. The highest BCUT2D eigenvalue weighted by molar-refractivity contribution is 6.15. The molecule has 1 unspecified atom stereocenters. The van der Waals surface area contributed by atoms with Crippen LogP contribution in [0.1, 0.15) is 39.1 Å². The van der Waals surface area contributed by atoms with Gasteiger partial charge in [-0.05, 0) is 37.0 Å². The minimum Gasteiger partial charge on any atom is -0.372 e. The molecule has 8 nitrogen and oxygen atoms in total. The third-order valence-corrected chi connectivity index (χ3v) is 5.06. The molecule has 3 N–H and O–H groups in total. The summed E-state index contributed by atoms with van der Waals surface area (Å²) in [5.41, 5.74) is 6.82. The van der Waals surface area contributed by atoms with Crippen molar-refractivity contribution in [3.05, 3.63) is 69.3 Å². The van der Waals surface area contributed by atoms with Crippen LogP contribution < -0.4 is 16.0 Å². The van der Waals surface area contributed by atoms with Gasteiger partial charge in [-0.2, -0.15) is 0 Å². The number of carbonyl (C=O) groups is 2. The quantitative estimate of drug-likeness (QED) is 0.402. The lowest BCUT2D eigenvalue weighted by molar-refractivity contribution is -0.384. The lowest BCUT2D eigenvalue weighted by atomic mass is 9.97. The van der Waals surface area contributed by atoms with Gasteiger partial charge in [0.25, 0.3) is 11.6 Å². The number of ketones is 1. The van der Waals surface area contributed by atoms with E-state index in [0.717, 1.165) is 12.8 Å². The van der Waals surface area contributed by atoms with Crippen molar-refractivity contribution >= 4 is 23.1 Å². The molecule has 0 spiro atoms. The minimum absolute atomic E-state index is 0.0944. The van der Waals surface area contributed by atoms with Gasteiger partial charge in [0, 0.05) is 43.9 Å². The summed E-state index contributed by atoms with van der Waals surface area (Å²) in [6.45, 7) is 0.342. The van der Waals surface area contributed by atoms with E-state index in [1.807, 2.05) is 0 Å². The van der Waals surface area contributed by atoms with E-state index in [1.165, 1.54) is 18.2 Å². The van der Waals surface area contributed by atoms with E-state index in [9.17, 15) is 19.7 Å². The zero-order valence-electron chi connectivity index (χ0n) is 16.4.